The molecule has 1 N–H and O–H groups in total. The molecule has 0 aromatic carbocycles. The number of hydrogen-bond donors (Lipinski definition) is 1. The van der Waals surface area contributed by atoms with E-state index in [2.05, 4.69) is 20.4 Å². The minimum Gasteiger partial charge on any atom is -0.357 e. The van der Waals surface area contributed by atoms with Crippen LogP contribution in [0.1, 0.15) is 25.7 Å². The van der Waals surface area contributed by atoms with Crippen molar-refractivity contribution in [1.82, 2.24) is 24.9 Å². The number of nitrogens with zero attached hydrogens (tertiary/aromatic N) is 5. The van der Waals surface area contributed by atoms with Gasteiger partial charge in [-0.05, 0) is 25.7 Å². The van der Waals surface area contributed by atoms with Gasteiger partial charge in [-0.2, -0.15) is 0 Å². The maximum absolute atomic E-state index is 12.5. The van der Waals surface area contributed by atoms with Gasteiger partial charge in [-0.25, -0.2) is 0 Å². The number of carbonyl (C=O) groups is 2. The van der Waals surface area contributed by atoms with Crippen molar-refractivity contribution in [2.24, 2.45) is 0 Å². The zero-order valence-electron chi connectivity index (χ0n) is 15.4. The lowest BCUT2D eigenvalue weighted by molar-refractivity contribution is -0.133. The van der Waals surface area contributed by atoms with E-state index in [1.807, 2.05) is 9.80 Å². The Balaban J connectivity index is 1.16. The lowest BCUT2D eigenvalue weighted by Crippen LogP contribution is -2.51. The van der Waals surface area contributed by atoms with Crippen molar-refractivity contribution in [3.63, 3.8) is 0 Å². The molecule has 3 fully saturated rings. The summed E-state index contributed by atoms with van der Waals surface area (Å²) in [6.07, 6.45) is 4.66. The molecule has 1 aromatic heterocycles. The Hall–Kier alpha value is -1.39. The molecule has 27 heavy (non-hydrogen) atoms. The summed E-state index contributed by atoms with van der Waals surface area (Å²) < 4.78 is 0.835. The average Bonchev–Trinajstić information content (AvgIpc) is 3.13. The number of aromatic nitrogens is 2. The van der Waals surface area contributed by atoms with Crippen LogP contribution in [0.3, 0.4) is 0 Å². The number of amides is 2. The van der Waals surface area contributed by atoms with Crippen LogP contribution in [0.2, 0.25) is 0 Å². The van der Waals surface area contributed by atoms with Crippen molar-refractivity contribution in [1.29, 1.82) is 0 Å². The normalized spacial score (nSPS) is 20.9. The van der Waals surface area contributed by atoms with Crippen molar-refractivity contribution in [2.45, 2.75) is 36.1 Å². The van der Waals surface area contributed by atoms with Crippen molar-refractivity contribution < 1.29 is 9.59 Å². The van der Waals surface area contributed by atoms with Crippen molar-refractivity contribution in [2.75, 3.05) is 56.9 Å². The number of likely N-dealkylation sites (tertiary alicyclic amines) is 1. The fourth-order valence-electron chi connectivity index (χ4n) is 3.36. The third-order valence-electron chi connectivity index (χ3n) is 5.17. The van der Waals surface area contributed by atoms with Gasteiger partial charge in [0.05, 0.1) is 12.3 Å². The second-order valence-electron chi connectivity index (χ2n) is 7.33. The highest BCUT2D eigenvalue weighted by Crippen LogP contribution is 2.30. The summed E-state index contributed by atoms with van der Waals surface area (Å²) in [6.45, 7) is 5.21. The lowest BCUT2D eigenvalue weighted by Gasteiger charge is -2.35. The summed E-state index contributed by atoms with van der Waals surface area (Å²) in [5.74, 6) is 0.761. The first-order chi connectivity index (χ1) is 13.2. The fraction of sp³-hybridized carbons (Fsp3) is 0.765. The molecule has 1 saturated carbocycles. The molecule has 3 heterocycles. The molecule has 3 aliphatic rings. The van der Waals surface area contributed by atoms with Gasteiger partial charge in [0.2, 0.25) is 16.9 Å². The topological polar surface area (TPSA) is 81.7 Å². The standard InChI is InChI=1S/C17H26N6O2S2/c24-14(22-5-1-2-6-22)11-21-7-9-23(10-8-21)15(25)12-26-17-20-19-16(27-17)18-13-3-4-13/h13H,1-12H2,(H,18,19). The van der Waals surface area contributed by atoms with Crippen LogP contribution in [0, 0.1) is 0 Å². The minimum atomic E-state index is 0.137. The molecule has 2 saturated heterocycles. The summed E-state index contributed by atoms with van der Waals surface area (Å²) in [6, 6.07) is 0.561. The summed E-state index contributed by atoms with van der Waals surface area (Å²) in [4.78, 5) is 30.7. The molecule has 2 amide bonds. The molecule has 0 spiro atoms. The van der Waals surface area contributed by atoms with Gasteiger partial charge in [0.1, 0.15) is 0 Å². The van der Waals surface area contributed by atoms with Gasteiger partial charge < -0.3 is 15.1 Å². The van der Waals surface area contributed by atoms with E-state index < -0.39 is 0 Å². The van der Waals surface area contributed by atoms with Crippen molar-refractivity contribution in [3.05, 3.63) is 0 Å². The molecule has 0 atom stereocenters. The summed E-state index contributed by atoms with van der Waals surface area (Å²) in [7, 11) is 0. The SMILES string of the molecule is O=C(CSc1nnc(NC2CC2)s1)N1CCN(CC(=O)N2CCCC2)CC1. The number of carbonyl (C=O) groups excluding carboxylic acids is 2. The summed E-state index contributed by atoms with van der Waals surface area (Å²) >= 11 is 2.98. The van der Waals surface area contributed by atoms with Crippen LogP contribution in [0.25, 0.3) is 0 Å². The predicted molar refractivity (Wildman–Crippen MR) is 106 cm³/mol. The van der Waals surface area contributed by atoms with Crippen LogP contribution in [0.15, 0.2) is 4.34 Å². The van der Waals surface area contributed by atoms with Crippen molar-refractivity contribution in [3.8, 4) is 0 Å². The number of hydrogen-bond acceptors (Lipinski definition) is 8. The molecular formula is C17H26N6O2S2. The van der Waals surface area contributed by atoms with Gasteiger partial charge in [0.25, 0.3) is 0 Å². The first-order valence-electron chi connectivity index (χ1n) is 9.68. The van der Waals surface area contributed by atoms with Gasteiger partial charge in [0.15, 0.2) is 4.34 Å². The fourth-order valence-corrected chi connectivity index (χ4v) is 5.09. The number of nitrogens with one attached hydrogen (secondary N) is 1. The van der Waals surface area contributed by atoms with Gasteiger partial charge in [-0.1, -0.05) is 23.1 Å². The second kappa shape index (κ2) is 8.74. The highest BCUT2D eigenvalue weighted by molar-refractivity contribution is 8.01. The van der Waals surface area contributed by atoms with Gasteiger partial charge >= 0.3 is 0 Å². The van der Waals surface area contributed by atoms with E-state index in [1.165, 1.54) is 35.9 Å². The maximum Gasteiger partial charge on any atom is 0.236 e. The molecule has 0 unspecified atom stereocenters. The highest BCUT2D eigenvalue weighted by atomic mass is 32.2. The van der Waals surface area contributed by atoms with E-state index in [-0.39, 0.29) is 11.8 Å². The maximum atomic E-state index is 12.5. The van der Waals surface area contributed by atoms with E-state index >= 15 is 0 Å². The Morgan fingerprint density at radius 2 is 1.70 bits per heavy atom. The predicted octanol–water partition coefficient (Wildman–Crippen LogP) is 0.971. The van der Waals surface area contributed by atoms with E-state index in [1.54, 1.807) is 0 Å². The minimum absolute atomic E-state index is 0.137. The van der Waals surface area contributed by atoms with Gasteiger partial charge in [-0.3, -0.25) is 14.5 Å². The molecule has 0 bridgehead atoms. The Morgan fingerprint density at radius 1 is 1.00 bits per heavy atom. The first kappa shape index (κ1) is 18.9. The van der Waals surface area contributed by atoms with E-state index in [0.717, 1.165) is 48.5 Å². The average molecular weight is 411 g/mol. The van der Waals surface area contributed by atoms with Crippen LogP contribution in [0.4, 0.5) is 5.13 Å². The number of anilines is 1. The second-order valence-corrected chi connectivity index (χ2v) is 9.53. The molecule has 2 aliphatic heterocycles. The van der Waals surface area contributed by atoms with Gasteiger partial charge in [0, 0.05) is 45.3 Å². The molecular weight excluding hydrogens is 384 g/mol. The summed E-state index contributed by atoms with van der Waals surface area (Å²) in [5, 5.41) is 12.4. The van der Waals surface area contributed by atoms with Crippen LogP contribution in [0.5, 0.6) is 0 Å². The Bertz CT molecular complexity index is 666. The van der Waals surface area contributed by atoms with Crippen molar-refractivity contribution >= 4 is 40.0 Å². The largest absolute Gasteiger partial charge is 0.357 e. The zero-order chi connectivity index (χ0) is 18.6. The quantitative estimate of drug-likeness (QED) is 0.671. The number of rotatable bonds is 7. The monoisotopic (exact) mass is 410 g/mol. The molecule has 0 radical (unpaired) electrons. The van der Waals surface area contributed by atoms with Crippen LogP contribution in [-0.4, -0.2) is 94.3 Å². The van der Waals surface area contributed by atoms with E-state index in [4.69, 9.17) is 0 Å². The lowest BCUT2D eigenvalue weighted by atomic mass is 10.3. The molecule has 1 aromatic rings. The molecule has 1 aliphatic carbocycles. The molecule has 8 nitrogen and oxygen atoms in total. The van der Waals surface area contributed by atoms with Crippen LogP contribution >= 0.6 is 23.1 Å². The van der Waals surface area contributed by atoms with Crippen LogP contribution in [-0.2, 0) is 9.59 Å². The molecule has 148 valence electrons. The van der Waals surface area contributed by atoms with E-state index in [0.29, 0.717) is 31.4 Å². The molecule has 4 rings (SSSR count). The number of thioether (sulfide) groups is 1. The smallest absolute Gasteiger partial charge is 0.236 e. The number of piperazine rings is 1. The Kier molecular flexibility index (Phi) is 6.14. The zero-order valence-corrected chi connectivity index (χ0v) is 17.1. The third kappa shape index (κ3) is 5.32. The molecule has 10 heteroatoms. The first-order valence-corrected chi connectivity index (χ1v) is 11.5. The third-order valence-corrected chi connectivity index (χ3v) is 7.15. The highest BCUT2D eigenvalue weighted by Gasteiger charge is 2.26. The summed E-state index contributed by atoms with van der Waals surface area (Å²) in [5.41, 5.74) is 0. The van der Waals surface area contributed by atoms with Crippen LogP contribution < -0.4 is 5.32 Å². The van der Waals surface area contributed by atoms with Gasteiger partial charge in [-0.15, -0.1) is 10.2 Å². The Labute approximate surface area is 167 Å². The van der Waals surface area contributed by atoms with E-state index in [9.17, 15) is 9.59 Å². The Morgan fingerprint density at radius 3 is 2.41 bits per heavy atom.